The van der Waals surface area contributed by atoms with E-state index in [0.29, 0.717) is 25.7 Å². The van der Waals surface area contributed by atoms with E-state index in [2.05, 4.69) is 137 Å². The number of rotatable bonds is 73. The van der Waals surface area contributed by atoms with E-state index in [0.717, 1.165) is 180 Å². The quantitative estimate of drug-likeness (QED) is 0.0169. The van der Waals surface area contributed by atoms with Crippen molar-refractivity contribution in [3.05, 3.63) is 109 Å². The minimum Gasteiger partial charge on any atom is -0.462 e. The van der Waals surface area contributed by atoms with E-state index in [1.54, 1.807) is 0 Å². The number of phosphoric ester groups is 2. The molecule has 0 aliphatic carbocycles. The second-order valence-electron chi connectivity index (χ2n) is 25.9. The van der Waals surface area contributed by atoms with Crippen LogP contribution in [0.3, 0.4) is 0 Å². The maximum Gasteiger partial charge on any atom is 0.472 e. The SMILES string of the molecule is CC/C=C\C/C=C\C/C=C\C/C=C\CCCCCCC(=O)OCC(COP(=O)(O)OCC(O)COP(=O)(O)OCC(COC(=O)CCCCCCC/C=C\C/C=C\C/C=C\CC)OC(=O)CCCCCCC/C=C\CCCCCCCC)OC(=O)CCCCCCC/C=C\CCCCCC. The summed E-state index contributed by atoms with van der Waals surface area (Å²) in [4.78, 5) is 72.9. The lowest BCUT2D eigenvalue weighted by atomic mass is 10.1. The second kappa shape index (κ2) is 73.0. The highest BCUT2D eigenvalue weighted by Crippen LogP contribution is 2.45. The summed E-state index contributed by atoms with van der Waals surface area (Å²) in [5.41, 5.74) is 0. The molecule has 0 aliphatic heterocycles. The molecule has 0 aromatic carbocycles. The predicted molar refractivity (Wildman–Crippen MR) is 408 cm³/mol. The fourth-order valence-corrected chi connectivity index (χ4v) is 11.9. The summed E-state index contributed by atoms with van der Waals surface area (Å²) in [5.74, 6) is -2.23. The van der Waals surface area contributed by atoms with Crippen LogP contribution in [-0.4, -0.2) is 96.7 Å². The number of aliphatic hydroxyl groups is 1. The monoisotopic (exact) mass is 1450 g/mol. The summed E-state index contributed by atoms with van der Waals surface area (Å²) in [6, 6.07) is 0. The van der Waals surface area contributed by atoms with Crippen molar-refractivity contribution in [2.24, 2.45) is 0 Å². The number of hydrogen-bond acceptors (Lipinski definition) is 15. The van der Waals surface area contributed by atoms with Gasteiger partial charge in [-0.3, -0.25) is 37.3 Å². The molecule has 0 fully saturated rings. The van der Waals surface area contributed by atoms with Gasteiger partial charge < -0.3 is 33.8 Å². The molecule has 576 valence electrons. The second-order valence-corrected chi connectivity index (χ2v) is 28.8. The van der Waals surface area contributed by atoms with Crippen LogP contribution in [0.15, 0.2) is 109 Å². The minimum atomic E-state index is -4.98. The van der Waals surface area contributed by atoms with Gasteiger partial charge in [-0.05, 0) is 148 Å². The van der Waals surface area contributed by atoms with E-state index in [-0.39, 0.29) is 25.7 Å². The Bertz CT molecular complexity index is 2320. The first kappa shape index (κ1) is 95.7. The molecule has 0 heterocycles. The smallest absolute Gasteiger partial charge is 0.462 e. The molecule has 100 heavy (non-hydrogen) atoms. The van der Waals surface area contributed by atoms with Crippen molar-refractivity contribution in [1.82, 2.24) is 0 Å². The third-order valence-electron chi connectivity index (χ3n) is 16.2. The standard InChI is InChI=1S/C81H140O17P2/c1-5-9-13-17-21-25-29-33-36-37-40-43-46-50-54-58-62-66-79(84)92-71-76(97-80(85)67-63-59-55-51-47-41-32-28-24-20-16-12-8-4)73-95-99(87,88)93-69-75(82)70-94-100(89,90)96-74-77(98-81(86)68-64-60-56-52-48-44-39-35-31-27-23-19-15-11-7-3)72-91-78(83)65-61-57-53-49-45-42-38-34-30-26-22-18-14-10-6-2/h9-10,13-14,21-22,25-26,28,32-36,38-40,43,75-77,82H,5-8,11-12,15-20,23-24,27,29-31,37,41-42,44-74H2,1-4H3,(H,87,88)(H,89,90)/b13-9-,14-10-,25-21-,26-22-,32-28-,36-33-,38-34-,39-35-,43-40-. The van der Waals surface area contributed by atoms with E-state index in [9.17, 15) is 43.2 Å². The Morgan fingerprint density at radius 1 is 0.290 bits per heavy atom. The van der Waals surface area contributed by atoms with Gasteiger partial charge in [-0.1, -0.05) is 259 Å². The molecular formula is C81H140O17P2. The van der Waals surface area contributed by atoms with Crippen LogP contribution in [0.4, 0.5) is 0 Å². The van der Waals surface area contributed by atoms with Gasteiger partial charge in [-0.15, -0.1) is 0 Å². The van der Waals surface area contributed by atoms with Gasteiger partial charge in [0.2, 0.25) is 0 Å². The lowest BCUT2D eigenvalue weighted by molar-refractivity contribution is -0.161. The minimum absolute atomic E-state index is 0.0780. The predicted octanol–water partition coefficient (Wildman–Crippen LogP) is 22.6. The zero-order valence-corrected chi connectivity index (χ0v) is 64.6. The highest BCUT2D eigenvalue weighted by molar-refractivity contribution is 7.47. The van der Waals surface area contributed by atoms with Crippen LogP contribution in [0.2, 0.25) is 0 Å². The molecule has 0 rings (SSSR count). The van der Waals surface area contributed by atoms with E-state index in [1.807, 2.05) is 0 Å². The number of ether oxygens (including phenoxy) is 4. The van der Waals surface area contributed by atoms with E-state index < -0.39 is 97.5 Å². The van der Waals surface area contributed by atoms with Gasteiger partial charge in [0.1, 0.15) is 19.3 Å². The average molecular weight is 1450 g/mol. The van der Waals surface area contributed by atoms with Crippen molar-refractivity contribution in [2.75, 3.05) is 39.6 Å². The lowest BCUT2D eigenvalue weighted by Crippen LogP contribution is -2.30. The zero-order chi connectivity index (χ0) is 73.2. The van der Waals surface area contributed by atoms with Crippen LogP contribution in [0, 0.1) is 0 Å². The Balaban J connectivity index is 5.38. The van der Waals surface area contributed by atoms with Crippen molar-refractivity contribution in [3.8, 4) is 0 Å². The lowest BCUT2D eigenvalue weighted by Gasteiger charge is -2.21. The fourth-order valence-electron chi connectivity index (χ4n) is 10.3. The first-order valence-electron chi connectivity index (χ1n) is 39.1. The van der Waals surface area contributed by atoms with Crippen molar-refractivity contribution >= 4 is 39.5 Å². The summed E-state index contributed by atoms with van der Waals surface area (Å²) in [6.45, 7) is 4.58. The van der Waals surface area contributed by atoms with Crippen LogP contribution in [0.25, 0.3) is 0 Å². The molecule has 0 spiro atoms. The van der Waals surface area contributed by atoms with Gasteiger partial charge in [0.15, 0.2) is 12.2 Å². The number of esters is 4. The highest BCUT2D eigenvalue weighted by Gasteiger charge is 2.30. The highest BCUT2D eigenvalue weighted by atomic mass is 31.2. The third kappa shape index (κ3) is 72.1. The van der Waals surface area contributed by atoms with Crippen LogP contribution >= 0.6 is 15.6 Å². The number of phosphoric acid groups is 2. The zero-order valence-electron chi connectivity index (χ0n) is 62.8. The molecule has 0 saturated carbocycles. The normalized spacial score (nSPS) is 14.5. The number of aliphatic hydroxyl groups excluding tert-OH is 1. The fraction of sp³-hybridized carbons (Fsp3) is 0.728. The average Bonchev–Trinajstić information content (AvgIpc) is 0.965. The van der Waals surface area contributed by atoms with Crippen LogP contribution in [0.5, 0.6) is 0 Å². The van der Waals surface area contributed by atoms with Gasteiger partial charge in [0, 0.05) is 25.7 Å². The molecule has 5 unspecified atom stereocenters. The Kier molecular flexibility index (Phi) is 69.9. The molecule has 0 saturated heterocycles. The topological polar surface area (TPSA) is 237 Å². The van der Waals surface area contributed by atoms with Crippen molar-refractivity contribution < 1.29 is 80.2 Å². The summed E-state index contributed by atoms with van der Waals surface area (Å²) in [6.07, 6.45) is 77.8. The van der Waals surface area contributed by atoms with Crippen LogP contribution in [0.1, 0.15) is 323 Å². The molecule has 19 heteroatoms. The molecule has 17 nitrogen and oxygen atoms in total. The van der Waals surface area contributed by atoms with Gasteiger partial charge in [0.05, 0.1) is 26.4 Å². The molecule has 0 bridgehead atoms. The molecular weight excluding hydrogens is 1310 g/mol. The number of carbonyl (C=O) groups excluding carboxylic acids is 4. The van der Waals surface area contributed by atoms with E-state index in [4.69, 9.17) is 37.0 Å². The molecule has 0 amide bonds. The number of carbonyl (C=O) groups is 4. The Labute approximate surface area is 607 Å². The molecule has 0 aliphatic rings. The Hall–Kier alpha value is -4.28. The molecule has 5 atom stereocenters. The number of allylic oxidation sites excluding steroid dienone is 18. The Morgan fingerprint density at radius 2 is 0.520 bits per heavy atom. The molecule has 0 aromatic rings. The van der Waals surface area contributed by atoms with Gasteiger partial charge in [-0.25, -0.2) is 9.13 Å². The van der Waals surface area contributed by atoms with Gasteiger partial charge in [-0.2, -0.15) is 0 Å². The largest absolute Gasteiger partial charge is 0.472 e. The summed E-state index contributed by atoms with van der Waals surface area (Å²) in [5, 5.41) is 10.6. The van der Waals surface area contributed by atoms with E-state index in [1.165, 1.54) is 64.2 Å². The first-order valence-corrected chi connectivity index (χ1v) is 42.1. The summed E-state index contributed by atoms with van der Waals surface area (Å²) >= 11 is 0. The Morgan fingerprint density at radius 3 is 0.820 bits per heavy atom. The maximum absolute atomic E-state index is 13.1. The third-order valence-corrected chi connectivity index (χ3v) is 18.1. The van der Waals surface area contributed by atoms with Crippen molar-refractivity contribution in [2.45, 2.75) is 341 Å². The first-order chi connectivity index (χ1) is 48.7. The molecule has 3 N–H and O–H groups in total. The van der Waals surface area contributed by atoms with Crippen LogP contribution < -0.4 is 0 Å². The van der Waals surface area contributed by atoms with Gasteiger partial charge in [0.25, 0.3) is 0 Å². The summed E-state index contributed by atoms with van der Waals surface area (Å²) in [7, 11) is -9.97. The molecule has 0 radical (unpaired) electrons. The van der Waals surface area contributed by atoms with Gasteiger partial charge >= 0.3 is 39.5 Å². The van der Waals surface area contributed by atoms with Crippen LogP contribution in [-0.2, 0) is 65.4 Å². The maximum atomic E-state index is 13.1. The summed E-state index contributed by atoms with van der Waals surface area (Å²) < 4.78 is 68.5. The van der Waals surface area contributed by atoms with Crippen molar-refractivity contribution in [1.29, 1.82) is 0 Å². The number of hydrogen-bond donors (Lipinski definition) is 3. The molecule has 0 aromatic heterocycles. The number of unbranched alkanes of at least 4 members (excludes halogenated alkanes) is 29. The van der Waals surface area contributed by atoms with Crippen molar-refractivity contribution in [3.63, 3.8) is 0 Å². The van der Waals surface area contributed by atoms with E-state index >= 15 is 0 Å².